The fourth-order valence-corrected chi connectivity index (χ4v) is 0.940. The van der Waals surface area contributed by atoms with E-state index >= 15 is 0 Å². The van der Waals surface area contributed by atoms with Gasteiger partial charge in [0.2, 0.25) is 5.89 Å². The Morgan fingerprint density at radius 1 is 1.54 bits per heavy atom. The van der Waals surface area contributed by atoms with Crippen LogP contribution in [0.2, 0.25) is 0 Å². The molecule has 0 aliphatic carbocycles. The monoisotopic (exact) mass is 184 g/mol. The van der Waals surface area contributed by atoms with Gasteiger partial charge in [-0.15, -0.1) is 0 Å². The summed E-state index contributed by atoms with van der Waals surface area (Å²) >= 11 is 0. The second kappa shape index (κ2) is 4.34. The van der Waals surface area contributed by atoms with Gasteiger partial charge >= 0.3 is 0 Å². The molecule has 1 atom stereocenters. The summed E-state index contributed by atoms with van der Waals surface area (Å²) in [6.45, 7) is 2.67. The van der Waals surface area contributed by atoms with Crippen LogP contribution in [0.1, 0.15) is 31.1 Å². The van der Waals surface area contributed by atoms with Crippen LogP contribution in [-0.2, 0) is 6.54 Å². The lowest BCUT2D eigenvalue weighted by atomic mass is 10.2. The molecule has 5 heteroatoms. The van der Waals surface area contributed by atoms with Crippen molar-refractivity contribution in [3.8, 4) is 0 Å². The standard InChI is InChI=1S/C8H16N4O/c1-4-6(9)8-10-7(11-13-8)5-12(2)3/h6H,4-5,9H2,1-3H3/t6-/m1/s1. The first-order chi connectivity index (χ1) is 6.13. The molecule has 74 valence electrons. The molecule has 0 saturated carbocycles. The molecule has 0 aliphatic rings. The molecule has 5 nitrogen and oxygen atoms in total. The largest absolute Gasteiger partial charge is 0.338 e. The maximum Gasteiger partial charge on any atom is 0.243 e. The predicted octanol–water partition coefficient (Wildman–Crippen LogP) is 0.541. The number of rotatable bonds is 4. The Hall–Kier alpha value is -0.940. The average Bonchev–Trinajstić information content (AvgIpc) is 2.50. The van der Waals surface area contributed by atoms with E-state index in [2.05, 4.69) is 10.1 Å². The third-order valence-corrected chi connectivity index (χ3v) is 1.70. The van der Waals surface area contributed by atoms with Crippen LogP contribution in [-0.4, -0.2) is 29.1 Å². The van der Waals surface area contributed by atoms with Crippen LogP contribution in [0.3, 0.4) is 0 Å². The molecular weight excluding hydrogens is 168 g/mol. The van der Waals surface area contributed by atoms with Gasteiger partial charge in [0.1, 0.15) is 0 Å². The molecule has 0 radical (unpaired) electrons. The highest BCUT2D eigenvalue weighted by Gasteiger charge is 2.12. The van der Waals surface area contributed by atoms with Crippen LogP contribution in [0.5, 0.6) is 0 Å². The van der Waals surface area contributed by atoms with E-state index in [0.717, 1.165) is 6.42 Å². The first kappa shape index (κ1) is 10.1. The van der Waals surface area contributed by atoms with Gasteiger partial charge in [-0.2, -0.15) is 4.98 Å². The fourth-order valence-electron chi connectivity index (χ4n) is 0.940. The number of hydrogen-bond donors (Lipinski definition) is 1. The topological polar surface area (TPSA) is 68.2 Å². The fraction of sp³-hybridized carbons (Fsp3) is 0.750. The molecule has 1 aromatic rings. The van der Waals surface area contributed by atoms with Gasteiger partial charge in [-0.05, 0) is 20.5 Å². The van der Waals surface area contributed by atoms with Gasteiger partial charge in [0.25, 0.3) is 0 Å². The van der Waals surface area contributed by atoms with Gasteiger partial charge in [0.05, 0.1) is 12.6 Å². The Bertz CT molecular complexity index is 258. The van der Waals surface area contributed by atoms with Crippen molar-refractivity contribution >= 4 is 0 Å². The number of nitrogens with two attached hydrogens (primary N) is 1. The highest BCUT2D eigenvalue weighted by atomic mass is 16.5. The minimum atomic E-state index is -0.136. The van der Waals surface area contributed by atoms with Gasteiger partial charge in [-0.1, -0.05) is 12.1 Å². The lowest BCUT2D eigenvalue weighted by Gasteiger charge is -2.03. The molecule has 1 rings (SSSR count). The molecule has 0 unspecified atom stereocenters. The summed E-state index contributed by atoms with van der Waals surface area (Å²) in [7, 11) is 3.91. The number of nitrogens with zero attached hydrogens (tertiary/aromatic N) is 3. The van der Waals surface area contributed by atoms with Crippen LogP contribution in [0.4, 0.5) is 0 Å². The molecule has 0 fully saturated rings. The lowest BCUT2D eigenvalue weighted by molar-refractivity contribution is 0.335. The molecule has 0 spiro atoms. The maximum atomic E-state index is 5.73. The first-order valence-corrected chi connectivity index (χ1v) is 4.36. The highest BCUT2D eigenvalue weighted by molar-refractivity contribution is 4.90. The Morgan fingerprint density at radius 2 is 2.23 bits per heavy atom. The van der Waals surface area contributed by atoms with E-state index in [0.29, 0.717) is 18.3 Å². The van der Waals surface area contributed by atoms with Gasteiger partial charge in [0, 0.05) is 0 Å². The minimum Gasteiger partial charge on any atom is -0.338 e. The van der Waals surface area contributed by atoms with Gasteiger partial charge in [-0.3, -0.25) is 0 Å². The second-order valence-corrected chi connectivity index (χ2v) is 3.30. The summed E-state index contributed by atoms with van der Waals surface area (Å²) < 4.78 is 5.01. The summed E-state index contributed by atoms with van der Waals surface area (Å²) in [5, 5.41) is 3.82. The average molecular weight is 184 g/mol. The normalized spacial score (nSPS) is 13.6. The summed E-state index contributed by atoms with van der Waals surface area (Å²) in [5.41, 5.74) is 5.73. The summed E-state index contributed by atoms with van der Waals surface area (Å²) in [4.78, 5) is 6.15. The third-order valence-electron chi connectivity index (χ3n) is 1.70. The van der Waals surface area contributed by atoms with Gasteiger partial charge < -0.3 is 15.2 Å². The maximum absolute atomic E-state index is 5.73. The van der Waals surface area contributed by atoms with Crippen LogP contribution in [0, 0.1) is 0 Å². The van der Waals surface area contributed by atoms with Crippen LogP contribution >= 0.6 is 0 Å². The number of hydrogen-bond acceptors (Lipinski definition) is 5. The van der Waals surface area contributed by atoms with Crippen LogP contribution < -0.4 is 5.73 Å². The summed E-state index contributed by atoms with van der Waals surface area (Å²) in [6, 6.07) is -0.136. The minimum absolute atomic E-state index is 0.136. The Labute approximate surface area is 77.9 Å². The first-order valence-electron chi connectivity index (χ1n) is 4.36. The van der Waals surface area contributed by atoms with Crippen molar-refractivity contribution < 1.29 is 4.52 Å². The van der Waals surface area contributed by atoms with E-state index in [1.54, 1.807) is 0 Å². The van der Waals surface area contributed by atoms with E-state index in [9.17, 15) is 0 Å². The van der Waals surface area contributed by atoms with E-state index in [1.807, 2.05) is 25.9 Å². The summed E-state index contributed by atoms with van der Waals surface area (Å²) in [5.74, 6) is 1.21. The van der Waals surface area contributed by atoms with Crippen molar-refractivity contribution in [1.82, 2.24) is 15.0 Å². The molecule has 0 aliphatic heterocycles. The smallest absolute Gasteiger partial charge is 0.243 e. The molecule has 0 saturated heterocycles. The molecule has 0 aromatic carbocycles. The van der Waals surface area contributed by atoms with E-state index < -0.39 is 0 Å². The van der Waals surface area contributed by atoms with Crippen LogP contribution in [0.15, 0.2) is 4.52 Å². The van der Waals surface area contributed by atoms with Crippen LogP contribution in [0.25, 0.3) is 0 Å². The highest BCUT2D eigenvalue weighted by Crippen LogP contribution is 2.10. The Kier molecular flexibility index (Phi) is 3.39. The van der Waals surface area contributed by atoms with E-state index in [1.165, 1.54) is 0 Å². The zero-order valence-electron chi connectivity index (χ0n) is 8.32. The number of aromatic nitrogens is 2. The molecule has 2 N–H and O–H groups in total. The molecule has 1 aromatic heterocycles. The molecule has 1 heterocycles. The Morgan fingerprint density at radius 3 is 2.77 bits per heavy atom. The second-order valence-electron chi connectivity index (χ2n) is 3.30. The molecular formula is C8H16N4O. The van der Waals surface area contributed by atoms with Gasteiger partial charge in [-0.25, -0.2) is 0 Å². The van der Waals surface area contributed by atoms with E-state index in [4.69, 9.17) is 10.3 Å². The molecule has 0 amide bonds. The van der Waals surface area contributed by atoms with Crippen molar-refractivity contribution in [2.75, 3.05) is 14.1 Å². The van der Waals surface area contributed by atoms with E-state index in [-0.39, 0.29) is 6.04 Å². The zero-order valence-corrected chi connectivity index (χ0v) is 8.32. The molecule has 13 heavy (non-hydrogen) atoms. The molecule has 0 bridgehead atoms. The van der Waals surface area contributed by atoms with Crippen molar-refractivity contribution in [1.29, 1.82) is 0 Å². The van der Waals surface area contributed by atoms with Crippen molar-refractivity contribution in [2.24, 2.45) is 5.73 Å². The quantitative estimate of drug-likeness (QED) is 0.739. The zero-order chi connectivity index (χ0) is 9.84. The lowest BCUT2D eigenvalue weighted by Crippen LogP contribution is -2.13. The summed E-state index contributed by atoms with van der Waals surface area (Å²) in [6.07, 6.45) is 0.809. The van der Waals surface area contributed by atoms with Gasteiger partial charge in [0.15, 0.2) is 5.82 Å². The van der Waals surface area contributed by atoms with Crippen molar-refractivity contribution in [2.45, 2.75) is 25.9 Å². The van der Waals surface area contributed by atoms with Crippen molar-refractivity contribution in [3.63, 3.8) is 0 Å². The Balaban J connectivity index is 2.63. The van der Waals surface area contributed by atoms with Crippen molar-refractivity contribution in [3.05, 3.63) is 11.7 Å². The third kappa shape index (κ3) is 2.78. The predicted molar refractivity (Wildman–Crippen MR) is 48.9 cm³/mol. The SMILES string of the molecule is CC[C@@H](N)c1nc(CN(C)C)no1.